The number of likely N-dealkylation sites (tertiary alicyclic amines) is 1. The van der Waals surface area contributed by atoms with Crippen molar-refractivity contribution in [2.75, 3.05) is 13.1 Å². The van der Waals surface area contributed by atoms with Gasteiger partial charge in [0, 0.05) is 24.9 Å². The van der Waals surface area contributed by atoms with Gasteiger partial charge in [-0.1, -0.05) is 29.3 Å². The Bertz CT molecular complexity index is 742. The van der Waals surface area contributed by atoms with Crippen LogP contribution in [0.2, 0.25) is 10.0 Å². The Labute approximate surface area is 149 Å². The molecule has 2 aliphatic rings. The Balaban J connectivity index is 1.35. The van der Waals surface area contributed by atoms with Gasteiger partial charge in [-0.15, -0.1) is 10.2 Å². The van der Waals surface area contributed by atoms with E-state index in [0.717, 1.165) is 37.9 Å². The summed E-state index contributed by atoms with van der Waals surface area (Å²) in [5.41, 5.74) is 1.10. The number of hydrogen-bond donors (Lipinski definition) is 0. The second-order valence-corrected chi connectivity index (χ2v) is 7.31. The second-order valence-electron chi connectivity index (χ2n) is 6.50. The molecule has 1 aliphatic carbocycles. The van der Waals surface area contributed by atoms with E-state index >= 15 is 0 Å². The maximum atomic E-state index is 12.7. The minimum Gasteiger partial charge on any atom is -0.428 e. The average molecular weight is 366 g/mol. The third-order valence-electron chi connectivity index (χ3n) is 5.01. The van der Waals surface area contributed by atoms with Crippen LogP contribution in [0, 0.1) is 5.92 Å². The first-order valence-electron chi connectivity index (χ1n) is 8.13. The van der Waals surface area contributed by atoms with Gasteiger partial charge in [0.25, 0.3) is 0 Å². The van der Waals surface area contributed by atoms with Crippen LogP contribution in [0.15, 0.2) is 29.0 Å². The summed E-state index contributed by atoms with van der Waals surface area (Å²) in [6.07, 6.45) is 4.00. The van der Waals surface area contributed by atoms with Crippen molar-refractivity contribution in [2.45, 2.75) is 31.1 Å². The van der Waals surface area contributed by atoms with Gasteiger partial charge in [-0.3, -0.25) is 4.79 Å². The van der Waals surface area contributed by atoms with Gasteiger partial charge >= 0.3 is 0 Å². The van der Waals surface area contributed by atoms with Crippen LogP contribution in [0.5, 0.6) is 0 Å². The smallest absolute Gasteiger partial charge is 0.226 e. The van der Waals surface area contributed by atoms with Crippen LogP contribution < -0.4 is 0 Å². The normalized spacial score (nSPS) is 24.2. The molecule has 5 nitrogen and oxygen atoms in total. The number of carbonyl (C=O) groups excluding carboxylic acids is 1. The zero-order valence-electron chi connectivity index (χ0n) is 13.0. The van der Waals surface area contributed by atoms with Crippen LogP contribution in [0.25, 0.3) is 0 Å². The van der Waals surface area contributed by atoms with Crippen molar-refractivity contribution in [1.29, 1.82) is 0 Å². The number of nitrogens with zero attached hydrogens (tertiary/aromatic N) is 3. The number of halogens is 2. The molecule has 1 saturated carbocycles. The van der Waals surface area contributed by atoms with Crippen molar-refractivity contribution in [3.8, 4) is 0 Å². The summed E-state index contributed by atoms with van der Waals surface area (Å²) in [5, 5.41) is 8.81. The molecule has 1 aliphatic heterocycles. The number of aromatic nitrogens is 2. The topological polar surface area (TPSA) is 59.2 Å². The van der Waals surface area contributed by atoms with E-state index in [9.17, 15) is 4.79 Å². The van der Waals surface area contributed by atoms with E-state index in [-0.39, 0.29) is 23.7 Å². The van der Waals surface area contributed by atoms with Gasteiger partial charge in [0.2, 0.25) is 18.2 Å². The molecule has 24 heavy (non-hydrogen) atoms. The first-order chi connectivity index (χ1) is 11.6. The van der Waals surface area contributed by atoms with Crippen molar-refractivity contribution < 1.29 is 9.21 Å². The zero-order valence-corrected chi connectivity index (χ0v) is 14.5. The van der Waals surface area contributed by atoms with Crippen LogP contribution in [-0.2, 0) is 4.79 Å². The molecule has 0 spiro atoms. The predicted octanol–water partition coefficient (Wildman–Crippen LogP) is 3.89. The maximum Gasteiger partial charge on any atom is 0.226 e. The number of hydrogen-bond acceptors (Lipinski definition) is 4. The molecule has 0 radical (unpaired) electrons. The Morgan fingerprint density at radius 1 is 1.21 bits per heavy atom. The number of amides is 1. The van der Waals surface area contributed by atoms with Gasteiger partial charge in [0.15, 0.2) is 0 Å². The standard InChI is InChI=1S/C17H17Cl2N3O2/c18-14-2-1-11(7-15(14)19)12-8-13(12)17(23)22-5-3-10(4-6-22)16-21-20-9-24-16/h1-2,7,9-10,12-13H,3-6,8H2/t12-,13-/m1/s1. The second kappa shape index (κ2) is 6.37. The van der Waals surface area contributed by atoms with Gasteiger partial charge in [-0.25, -0.2) is 0 Å². The quantitative estimate of drug-likeness (QED) is 0.827. The summed E-state index contributed by atoms with van der Waals surface area (Å²) < 4.78 is 5.28. The van der Waals surface area contributed by atoms with E-state index in [1.54, 1.807) is 6.07 Å². The molecule has 2 atom stereocenters. The minimum atomic E-state index is 0.0715. The Morgan fingerprint density at radius 3 is 2.67 bits per heavy atom. The molecule has 7 heteroatoms. The van der Waals surface area contributed by atoms with Gasteiger partial charge in [-0.2, -0.15) is 0 Å². The minimum absolute atomic E-state index is 0.0715. The lowest BCUT2D eigenvalue weighted by Gasteiger charge is -2.30. The SMILES string of the molecule is O=C([C@@H]1C[C@@H]1c1ccc(Cl)c(Cl)c1)N1CCC(c2nnco2)CC1. The first-order valence-corrected chi connectivity index (χ1v) is 8.89. The maximum absolute atomic E-state index is 12.7. The summed E-state index contributed by atoms with van der Waals surface area (Å²) in [6.45, 7) is 1.49. The van der Waals surface area contributed by atoms with E-state index in [0.29, 0.717) is 15.9 Å². The highest BCUT2D eigenvalue weighted by Gasteiger charge is 2.46. The molecule has 1 saturated heterocycles. The fourth-order valence-electron chi connectivity index (χ4n) is 3.52. The molecule has 126 valence electrons. The van der Waals surface area contributed by atoms with Crippen LogP contribution >= 0.6 is 23.2 Å². The number of benzene rings is 1. The van der Waals surface area contributed by atoms with Crippen molar-refractivity contribution in [1.82, 2.24) is 15.1 Å². The lowest BCUT2D eigenvalue weighted by atomic mass is 9.96. The van der Waals surface area contributed by atoms with Gasteiger partial charge in [0.1, 0.15) is 0 Å². The molecule has 0 unspecified atom stereocenters. The molecule has 2 aromatic rings. The van der Waals surface area contributed by atoms with E-state index in [4.69, 9.17) is 27.6 Å². The molecule has 4 rings (SSSR count). The predicted molar refractivity (Wildman–Crippen MR) is 90.2 cm³/mol. The molecule has 0 N–H and O–H groups in total. The third kappa shape index (κ3) is 3.03. The lowest BCUT2D eigenvalue weighted by Crippen LogP contribution is -2.39. The average Bonchev–Trinajstić information content (AvgIpc) is 3.21. The lowest BCUT2D eigenvalue weighted by molar-refractivity contribution is -0.133. The summed E-state index contributed by atoms with van der Waals surface area (Å²) in [4.78, 5) is 14.7. The van der Waals surface area contributed by atoms with Gasteiger partial charge in [0.05, 0.1) is 10.0 Å². The molecule has 1 aromatic heterocycles. The largest absolute Gasteiger partial charge is 0.428 e. The van der Waals surface area contributed by atoms with Gasteiger partial charge < -0.3 is 9.32 Å². The fraction of sp³-hybridized carbons (Fsp3) is 0.471. The number of rotatable bonds is 3. The van der Waals surface area contributed by atoms with Crippen LogP contribution in [0.3, 0.4) is 0 Å². The first kappa shape index (κ1) is 15.9. The Morgan fingerprint density at radius 2 is 2.00 bits per heavy atom. The van der Waals surface area contributed by atoms with Gasteiger partial charge in [-0.05, 0) is 42.9 Å². The zero-order chi connectivity index (χ0) is 16.7. The molecular weight excluding hydrogens is 349 g/mol. The van der Waals surface area contributed by atoms with E-state index in [1.165, 1.54) is 6.39 Å². The van der Waals surface area contributed by atoms with Crippen molar-refractivity contribution in [2.24, 2.45) is 5.92 Å². The number of piperidine rings is 1. The number of carbonyl (C=O) groups is 1. The van der Waals surface area contributed by atoms with Crippen molar-refractivity contribution >= 4 is 29.1 Å². The van der Waals surface area contributed by atoms with E-state index in [1.807, 2.05) is 17.0 Å². The monoisotopic (exact) mass is 365 g/mol. The summed E-state index contributed by atoms with van der Waals surface area (Å²) in [6, 6.07) is 5.65. The summed E-state index contributed by atoms with van der Waals surface area (Å²) >= 11 is 12.0. The van der Waals surface area contributed by atoms with E-state index in [2.05, 4.69) is 10.2 Å². The molecule has 2 fully saturated rings. The Hall–Kier alpha value is -1.59. The molecule has 1 aromatic carbocycles. The highest BCUT2D eigenvalue weighted by molar-refractivity contribution is 6.42. The van der Waals surface area contributed by atoms with Crippen LogP contribution in [0.1, 0.15) is 42.6 Å². The van der Waals surface area contributed by atoms with Crippen LogP contribution in [0.4, 0.5) is 0 Å². The fourth-order valence-corrected chi connectivity index (χ4v) is 3.83. The van der Waals surface area contributed by atoms with Crippen LogP contribution in [-0.4, -0.2) is 34.1 Å². The van der Waals surface area contributed by atoms with Crippen molar-refractivity contribution in [3.05, 3.63) is 46.1 Å². The highest BCUT2D eigenvalue weighted by Crippen LogP contribution is 2.49. The van der Waals surface area contributed by atoms with Crippen molar-refractivity contribution in [3.63, 3.8) is 0 Å². The summed E-state index contributed by atoms with van der Waals surface area (Å²) in [7, 11) is 0. The molecule has 2 heterocycles. The Kier molecular flexibility index (Phi) is 4.22. The molecule has 1 amide bonds. The molecular formula is C17H17Cl2N3O2. The third-order valence-corrected chi connectivity index (χ3v) is 5.75. The summed E-state index contributed by atoms with van der Waals surface area (Å²) in [5.74, 6) is 1.53. The highest BCUT2D eigenvalue weighted by atomic mass is 35.5. The molecule has 0 bridgehead atoms. The van der Waals surface area contributed by atoms with E-state index < -0.39 is 0 Å².